The third-order valence-electron chi connectivity index (χ3n) is 5.13. The number of ketones is 1. The van der Waals surface area contributed by atoms with Crippen molar-refractivity contribution in [2.75, 3.05) is 5.32 Å². The van der Waals surface area contributed by atoms with E-state index in [2.05, 4.69) is 5.32 Å². The molecule has 1 aromatic carbocycles. The zero-order chi connectivity index (χ0) is 18.5. The molecule has 0 saturated carbocycles. The lowest BCUT2D eigenvalue weighted by Crippen LogP contribution is -2.36. The molecule has 1 aromatic rings. The Kier molecular flexibility index (Phi) is 4.33. The number of carbonyl (C=O) groups excluding carboxylic acids is 2. The zero-order valence-corrected chi connectivity index (χ0v) is 14.7. The minimum absolute atomic E-state index is 0.0863. The number of hydrogen-bond donors (Lipinski definition) is 3. The second-order valence-electron chi connectivity index (χ2n) is 7.07. The molecule has 25 heavy (non-hydrogen) atoms. The van der Waals surface area contributed by atoms with Crippen LogP contribution in [0.15, 0.2) is 23.8 Å². The molecule has 0 unspecified atom stereocenters. The van der Waals surface area contributed by atoms with Crippen molar-refractivity contribution in [3.63, 3.8) is 0 Å². The molecule has 6 heteroatoms. The highest BCUT2D eigenvalue weighted by Crippen LogP contribution is 2.46. The van der Waals surface area contributed by atoms with Crippen molar-refractivity contribution in [3.05, 3.63) is 29.3 Å². The van der Waals surface area contributed by atoms with Gasteiger partial charge in [0.05, 0.1) is 17.7 Å². The number of anilines is 1. The molecule has 0 saturated heterocycles. The fraction of sp³-hybridized carbons (Fsp3) is 0.474. The predicted molar refractivity (Wildman–Crippen MR) is 92.4 cm³/mol. The first-order valence-corrected chi connectivity index (χ1v) is 8.45. The molecule has 1 amide bonds. The van der Waals surface area contributed by atoms with Crippen LogP contribution in [-0.4, -0.2) is 28.0 Å². The number of Topliss-reactive ketones (excluding diaryl/α,β-unsaturated/α-hetero) is 1. The number of benzene rings is 1. The van der Waals surface area contributed by atoms with Crippen LogP contribution in [0.5, 0.6) is 11.5 Å². The number of phenolic OH excluding ortho intramolecular Hbond substituents is 1. The topological polar surface area (TPSA) is 95.9 Å². The Morgan fingerprint density at radius 1 is 1.16 bits per heavy atom. The van der Waals surface area contributed by atoms with Gasteiger partial charge in [0.2, 0.25) is 5.91 Å². The molecule has 0 fully saturated rings. The van der Waals surface area contributed by atoms with E-state index >= 15 is 0 Å². The van der Waals surface area contributed by atoms with Gasteiger partial charge in [-0.25, -0.2) is 0 Å². The molecule has 2 bridgehead atoms. The van der Waals surface area contributed by atoms with E-state index in [1.165, 1.54) is 12.1 Å². The van der Waals surface area contributed by atoms with Crippen molar-refractivity contribution in [2.45, 2.75) is 39.9 Å². The van der Waals surface area contributed by atoms with Gasteiger partial charge in [-0.15, -0.1) is 0 Å². The number of allylic oxidation sites excluding steroid dienone is 1. The Hall–Kier alpha value is -2.34. The Morgan fingerprint density at radius 3 is 2.52 bits per heavy atom. The van der Waals surface area contributed by atoms with Gasteiger partial charge in [-0.2, -0.15) is 0 Å². The summed E-state index contributed by atoms with van der Waals surface area (Å²) in [5, 5.41) is 23.3. The van der Waals surface area contributed by atoms with Gasteiger partial charge in [-0.3, -0.25) is 9.59 Å². The van der Waals surface area contributed by atoms with Crippen molar-refractivity contribution in [2.24, 2.45) is 17.8 Å². The van der Waals surface area contributed by atoms with Crippen molar-refractivity contribution >= 4 is 17.4 Å². The van der Waals surface area contributed by atoms with Crippen LogP contribution < -0.4 is 10.1 Å². The fourth-order valence-corrected chi connectivity index (χ4v) is 3.61. The van der Waals surface area contributed by atoms with Gasteiger partial charge in [0.15, 0.2) is 5.78 Å². The third kappa shape index (κ3) is 2.91. The summed E-state index contributed by atoms with van der Waals surface area (Å²) in [5.41, 5.74) is 1.52. The molecular weight excluding hydrogens is 322 g/mol. The lowest BCUT2D eigenvalue weighted by molar-refractivity contribution is -0.131. The number of ether oxygens (including phenoxy) is 1. The number of amides is 1. The first-order chi connectivity index (χ1) is 11.7. The fourth-order valence-electron chi connectivity index (χ4n) is 3.61. The van der Waals surface area contributed by atoms with Gasteiger partial charge >= 0.3 is 0 Å². The van der Waals surface area contributed by atoms with Crippen LogP contribution in [-0.2, 0) is 9.59 Å². The summed E-state index contributed by atoms with van der Waals surface area (Å²) in [4.78, 5) is 25.0. The third-order valence-corrected chi connectivity index (χ3v) is 5.13. The molecule has 134 valence electrons. The van der Waals surface area contributed by atoms with Gasteiger partial charge in [-0.1, -0.05) is 19.9 Å². The van der Waals surface area contributed by atoms with Crippen molar-refractivity contribution in [1.82, 2.24) is 0 Å². The second-order valence-corrected chi connectivity index (χ2v) is 7.07. The normalized spacial score (nSPS) is 34.3. The van der Waals surface area contributed by atoms with E-state index in [0.717, 1.165) is 5.57 Å². The van der Waals surface area contributed by atoms with Crippen LogP contribution in [0, 0.1) is 17.8 Å². The number of phenols is 1. The summed E-state index contributed by atoms with van der Waals surface area (Å²) in [5.74, 6) is -1.95. The Bertz CT molecular complexity index is 769. The van der Waals surface area contributed by atoms with E-state index in [4.69, 9.17) is 4.74 Å². The van der Waals surface area contributed by atoms with Crippen LogP contribution in [0.4, 0.5) is 5.69 Å². The summed E-state index contributed by atoms with van der Waals surface area (Å²) in [6.07, 6.45) is 0.520. The monoisotopic (exact) mass is 345 g/mol. The molecular formula is C19H23NO5. The van der Waals surface area contributed by atoms with Gasteiger partial charge in [0, 0.05) is 23.5 Å². The highest BCUT2D eigenvalue weighted by molar-refractivity contribution is 6.08. The van der Waals surface area contributed by atoms with Crippen molar-refractivity contribution in [3.8, 4) is 11.5 Å². The Morgan fingerprint density at radius 2 is 1.84 bits per heavy atom. The summed E-state index contributed by atoms with van der Waals surface area (Å²) in [6.45, 7) is 7.03. The first kappa shape index (κ1) is 17.5. The number of rotatable bonds is 0. The SMILES string of the molecule is C/C1=C\[C@H](C)C(=O)[C@@H](C)C(=O)Nc2cc(O)cc3c2O[C@@H]1[C@H](C)[C@H]3O. The molecule has 2 heterocycles. The molecule has 0 spiro atoms. The zero-order valence-electron chi connectivity index (χ0n) is 14.7. The van der Waals surface area contributed by atoms with Gasteiger partial charge < -0.3 is 20.3 Å². The van der Waals surface area contributed by atoms with Crippen LogP contribution in [0.3, 0.4) is 0 Å². The number of fused-ring (bicyclic) bond motifs is 1. The number of aromatic hydroxyl groups is 1. The predicted octanol–water partition coefficient (Wildman–Crippen LogP) is 2.56. The minimum atomic E-state index is -0.857. The molecule has 5 atom stereocenters. The van der Waals surface area contributed by atoms with Crippen molar-refractivity contribution < 1.29 is 24.5 Å². The van der Waals surface area contributed by atoms with E-state index in [9.17, 15) is 19.8 Å². The van der Waals surface area contributed by atoms with Crippen molar-refractivity contribution in [1.29, 1.82) is 0 Å². The van der Waals surface area contributed by atoms with Gasteiger partial charge in [0.25, 0.3) is 0 Å². The average Bonchev–Trinajstić information content (AvgIpc) is 2.56. The lowest BCUT2D eigenvalue weighted by atomic mass is 9.84. The quantitative estimate of drug-likeness (QED) is 0.496. The standard InChI is InChI=1S/C19H23NO5/c1-8-5-9(2)17-10(3)16(23)13-6-12(21)7-14(18(13)25-17)20-19(24)11(4)15(8)22/h5-8,10-11,16-17,21,23H,1-4H3,(H,20,24)/b9-5+/t8-,10+,11+,16+,17-/m0/s1. The summed E-state index contributed by atoms with van der Waals surface area (Å²) < 4.78 is 6.10. The maximum atomic E-state index is 12.5. The molecule has 0 aliphatic carbocycles. The van der Waals surface area contributed by atoms with Gasteiger partial charge in [-0.05, 0) is 25.5 Å². The second kappa shape index (κ2) is 6.19. The minimum Gasteiger partial charge on any atom is -0.508 e. The lowest BCUT2D eigenvalue weighted by Gasteiger charge is -2.37. The molecule has 2 aliphatic rings. The van der Waals surface area contributed by atoms with Crippen LogP contribution >= 0.6 is 0 Å². The molecule has 2 aliphatic heterocycles. The number of aliphatic hydroxyl groups excluding tert-OH is 1. The largest absolute Gasteiger partial charge is 0.508 e. The molecule has 3 rings (SSSR count). The Labute approximate surface area is 146 Å². The van der Waals surface area contributed by atoms with E-state index in [1.54, 1.807) is 19.9 Å². The summed E-state index contributed by atoms with van der Waals surface area (Å²) >= 11 is 0. The molecule has 6 nitrogen and oxygen atoms in total. The van der Waals surface area contributed by atoms with E-state index in [0.29, 0.717) is 11.3 Å². The number of nitrogens with one attached hydrogen (secondary N) is 1. The van der Waals surface area contributed by atoms with Gasteiger partial charge in [0.1, 0.15) is 17.6 Å². The molecule has 0 radical (unpaired) electrons. The Balaban J connectivity index is 2.21. The highest BCUT2D eigenvalue weighted by Gasteiger charge is 2.38. The maximum absolute atomic E-state index is 12.5. The van der Waals surface area contributed by atoms with E-state index in [1.807, 2.05) is 13.8 Å². The van der Waals surface area contributed by atoms with Crippen LogP contribution in [0.25, 0.3) is 0 Å². The van der Waals surface area contributed by atoms with E-state index in [-0.39, 0.29) is 23.1 Å². The number of carbonyl (C=O) groups is 2. The highest BCUT2D eigenvalue weighted by atomic mass is 16.5. The smallest absolute Gasteiger partial charge is 0.234 e. The van der Waals surface area contributed by atoms with E-state index < -0.39 is 30.0 Å². The van der Waals surface area contributed by atoms with Crippen LogP contribution in [0.1, 0.15) is 39.4 Å². The maximum Gasteiger partial charge on any atom is 0.234 e. The summed E-state index contributed by atoms with van der Waals surface area (Å²) in [6, 6.07) is 2.81. The first-order valence-electron chi connectivity index (χ1n) is 8.45. The summed E-state index contributed by atoms with van der Waals surface area (Å²) in [7, 11) is 0. The average molecular weight is 345 g/mol. The van der Waals surface area contributed by atoms with Crippen LogP contribution in [0.2, 0.25) is 0 Å². The molecule has 0 aromatic heterocycles. The number of hydrogen-bond acceptors (Lipinski definition) is 5. The number of aliphatic hydroxyl groups is 1. The molecule has 3 N–H and O–H groups in total.